The zero-order valence-electron chi connectivity index (χ0n) is 14.1. The van der Waals surface area contributed by atoms with Gasteiger partial charge in [0.2, 0.25) is 0 Å². The number of rotatable bonds is 7. The highest BCUT2D eigenvalue weighted by Gasteiger charge is 2.07. The third kappa shape index (κ3) is 5.92. The summed E-state index contributed by atoms with van der Waals surface area (Å²) in [4.78, 5) is 0. The van der Waals surface area contributed by atoms with Crippen molar-refractivity contribution in [3.63, 3.8) is 0 Å². The Hall–Kier alpha value is -2.31. The molecule has 25 heavy (non-hydrogen) atoms. The molecule has 0 fully saturated rings. The second-order valence-corrected chi connectivity index (χ2v) is 5.78. The van der Waals surface area contributed by atoms with Gasteiger partial charge in [0.15, 0.2) is 16.6 Å². The van der Waals surface area contributed by atoms with Crippen molar-refractivity contribution < 1.29 is 9.47 Å². The molecule has 0 aliphatic rings. The average molecular weight is 378 g/mol. The molecule has 2 aromatic rings. The van der Waals surface area contributed by atoms with E-state index < -0.39 is 0 Å². The van der Waals surface area contributed by atoms with Crippen molar-refractivity contribution in [3.8, 4) is 11.5 Å². The fourth-order valence-corrected chi connectivity index (χ4v) is 2.23. The lowest BCUT2D eigenvalue weighted by Gasteiger charge is -2.13. The van der Waals surface area contributed by atoms with Gasteiger partial charge in [-0.2, -0.15) is 5.10 Å². The molecular weight excluding hydrogens is 358 g/mol. The van der Waals surface area contributed by atoms with Crippen molar-refractivity contribution in [2.75, 3.05) is 13.7 Å². The second kappa shape index (κ2) is 9.86. The fourth-order valence-electron chi connectivity index (χ4n) is 1.98. The molecular formula is C18H20ClN3O2S. The third-order valence-corrected chi connectivity index (χ3v) is 3.88. The highest BCUT2D eigenvalue weighted by atomic mass is 35.5. The van der Waals surface area contributed by atoms with E-state index in [-0.39, 0.29) is 0 Å². The smallest absolute Gasteiger partial charge is 0.186 e. The summed E-state index contributed by atoms with van der Waals surface area (Å²) >= 11 is 11.1. The van der Waals surface area contributed by atoms with Crippen LogP contribution in [0, 0.1) is 0 Å². The van der Waals surface area contributed by atoms with E-state index >= 15 is 0 Å². The van der Waals surface area contributed by atoms with Crippen molar-refractivity contribution in [2.45, 2.75) is 13.5 Å². The van der Waals surface area contributed by atoms with Gasteiger partial charge in [0.1, 0.15) is 6.61 Å². The van der Waals surface area contributed by atoms with Gasteiger partial charge in [0.05, 0.1) is 12.8 Å². The van der Waals surface area contributed by atoms with Gasteiger partial charge in [-0.25, -0.2) is 0 Å². The summed E-state index contributed by atoms with van der Waals surface area (Å²) in [5.41, 5.74) is 4.48. The lowest BCUT2D eigenvalue weighted by molar-refractivity contribution is 0.269. The van der Waals surface area contributed by atoms with Crippen LogP contribution in [0.4, 0.5) is 0 Å². The van der Waals surface area contributed by atoms with E-state index in [1.165, 1.54) is 0 Å². The third-order valence-electron chi connectivity index (χ3n) is 3.22. The minimum atomic E-state index is 0.366. The average Bonchev–Trinajstić information content (AvgIpc) is 2.62. The molecule has 0 heterocycles. The van der Waals surface area contributed by atoms with E-state index in [1.807, 2.05) is 49.4 Å². The molecule has 0 amide bonds. The normalized spacial score (nSPS) is 10.5. The van der Waals surface area contributed by atoms with E-state index in [1.54, 1.807) is 13.3 Å². The molecule has 0 aliphatic heterocycles. The zero-order chi connectivity index (χ0) is 18.1. The number of thiocarbonyl (C=S) groups is 1. The van der Waals surface area contributed by atoms with E-state index in [2.05, 4.69) is 15.8 Å². The summed E-state index contributed by atoms with van der Waals surface area (Å²) < 4.78 is 11.5. The summed E-state index contributed by atoms with van der Waals surface area (Å²) in [7, 11) is 1.73. The number of halogens is 1. The van der Waals surface area contributed by atoms with Crippen LogP contribution >= 0.6 is 23.8 Å². The molecule has 0 atom stereocenters. The maximum atomic E-state index is 6.16. The number of hydrazone groups is 1. The van der Waals surface area contributed by atoms with Crippen molar-refractivity contribution in [3.05, 3.63) is 58.6 Å². The van der Waals surface area contributed by atoms with E-state index in [0.717, 1.165) is 11.1 Å². The van der Waals surface area contributed by atoms with Crippen LogP contribution in [0.1, 0.15) is 18.1 Å². The first-order valence-electron chi connectivity index (χ1n) is 7.78. The quantitative estimate of drug-likeness (QED) is 0.437. The Morgan fingerprint density at radius 3 is 2.72 bits per heavy atom. The molecule has 0 radical (unpaired) electrons. The largest absolute Gasteiger partial charge is 0.490 e. The van der Waals surface area contributed by atoms with Gasteiger partial charge < -0.3 is 14.8 Å². The fraction of sp³-hybridized carbons (Fsp3) is 0.222. The Kier molecular flexibility index (Phi) is 7.50. The van der Waals surface area contributed by atoms with Crippen LogP contribution in [0.5, 0.6) is 11.5 Å². The van der Waals surface area contributed by atoms with Gasteiger partial charge in [0.25, 0.3) is 0 Å². The molecule has 0 aromatic heterocycles. The Labute approximate surface area is 158 Å². The summed E-state index contributed by atoms with van der Waals surface area (Å²) in [6.45, 7) is 2.82. The van der Waals surface area contributed by atoms with Crippen LogP contribution in [0.15, 0.2) is 47.6 Å². The monoisotopic (exact) mass is 377 g/mol. The summed E-state index contributed by atoms with van der Waals surface area (Å²) in [5, 5.41) is 7.96. The minimum Gasteiger partial charge on any atom is -0.490 e. The molecule has 0 saturated carbocycles. The van der Waals surface area contributed by atoms with Crippen molar-refractivity contribution in [2.24, 2.45) is 5.10 Å². The molecule has 132 valence electrons. The van der Waals surface area contributed by atoms with Crippen molar-refractivity contribution in [1.82, 2.24) is 10.7 Å². The number of nitrogens with one attached hydrogen (secondary N) is 2. The highest BCUT2D eigenvalue weighted by molar-refractivity contribution is 7.80. The van der Waals surface area contributed by atoms with Crippen LogP contribution in [-0.4, -0.2) is 25.0 Å². The van der Waals surface area contributed by atoms with E-state index in [4.69, 9.17) is 33.3 Å². The van der Waals surface area contributed by atoms with Crippen LogP contribution in [0.25, 0.3) is 0 Å². The second-order valence-electron chi connectivity index (χ2n) is 4.97. The van der Waals surface area contributed by atoms with Gasteiger partial charge in [0, 0.05) is 17.6 Å². The van der Waals surface area contributed by atoms with Crippen molar-refractivity contribution >= 4 is 35.1 Å². The number of ether oxygens (including phenoxy) is 2. The van der Waals surface area contributed by atoms with Gasteiger partial charge in [-0.05, 0) is 49.0 Å². The first kappa shape index (κ1) is 19.0. The number of benzene rings is 2. The molecule has 0 unspecified atom stereocenters. The SMILES string of the molecule is CCOc1cc(C=NNC(=S)NC)ccc1OCc1ccccc1Cl. The maximum Gasteiger partial charge on any atom is 0.186 e. The summed E-state index contributed by atoms with van der Waals surface area (Å²) in [6.07, 6.45) is 1.66. The van der Waals surface area contributed by atoms with Crippen LogP contribution < -0.4 is 20.2 Å². The summed E-state index contributed by atoms with van der Waals surface area (Å²) in [6, 6.07) is 13.2. The van der Waals surface area contributed by atoms with Gasteiger partial charge in [-0.15, -0.1) is 0 Å². The predicted molar refractivity (Wildman–Crippen MR) is 106 cm³/mol. The molecule has 0 saturated heterocycles. The van der Waals surface area contributed by atoms with Gasteiger partial charge in [-0.1, -0.05) is 29.8 Å². The van der Waals surface area contributed by atoms with Crippen molar-refractivity contribution in [1.29, 1.82) is 0 Å². The molecule has 2 aromatic carbocycles. The topological polar surface area (TPSA) is 54.9 Å². The van der Waals surface area contributed by atoms with Gasteiger partial charge in [-0.3, -0.25) is 5.43 Å². The predicted octanol–water partition coefficient (Wildman–Crippen LogP) is 3.75. The molecule has 7 heteroatoms. The first-order valence-corrected chi connectivity index (χ1v) is 8.56. The Morgan fingerprint density at radius 1 is 1.20 bits per heavy atom. The first-order chi connectivity index (χ1) is 12.1. The Bertz CT molecular complexity index is 753. The maximum absolute atomic E-state index is 6.16. The minimum absolute atomic E-state index is 0.366. The molecule has 5 nitrogen and oxygen atoms in total. The molecule has 0 aliphatic carbocycles. The zero-order valence-corrected chi connectivity index (χ0v) is 15.7. The van der Waals surface area contributed by atoms with Crippen LogP contribution in [0.3, 0.4) is 0 Å². The van der Waals surface area contributed by atoms with E-state index in [0.29, 0.717) is 34.8 Å². The highest BCUT2D eigenvalue weighted by Crippen LogP contribution is 2.29. The Morgan fingerprint density at radius 2 is 2.00 bits per heavy atom. The van der Waals surface area contributed by atoms with Crippen LogP contribution in [0.2, 0.25) is 5.02 Å². The lowest BCUT2D eigenvalue weighted by Crippen LogP contribution is -2.28. The number of hydrogen-bond donors (Lipinski definition) is 2. The number of nitrogens with zero attached hydrogens (tertiary/aromatic N) is 1. The Balaban J connectivity index is 2.10. The van der Waals surface area contributed by atoms with Gasteiger partial charge >= 0.3 is 0 Å². The molecule has 0 bridgehead atoms. The lowest BCUT2D eigenvalue weighted by atomic mass is 10.2. The van der Waals surface area contributed by atoms with Crippen LogP contribution in [-0.2, 0) is 6.61 Å². The summed E-state index contributed by atoms with van der Waals surface area (Å²) in [5.74, 6) is 1.30. The molecule has 0 spiro atoms. The van der Waals surface area contributed by atoms with E-state index in [9.17, 15) is 0 Å². The molecule has 2 rings (SSSR count). The molecule has 2 N–H and O–H groups in total. The standard InChI is InChI=1S/C18H20ClN3O2S/c1-3-23-17-10-13(11-21-22-18(25)20-2)8-9-16(17)24-12-14-6-4-5-7-15(14)19/h4-11H,3,12H2,1-2H3,(H2,20,22,25). The number of hydrogen-bond acceptors (Lipinski definition) is 4.